The van der Waals surface area contributed by atoms with Crippen LogP contribution in [0.25, 0.3) is 0 Å². The topological polar surface area (TPSA) is 70.3 Å². The van der Waals surface area contributed by atoms with Crippen molar-refractivity contribution in [2.24, 2.45) is 5.84 Å². The summed E-state index contributed by atoms with van der Waals surface area (Å²) < 4.78 is 14.0. The molecule has 1 aliphatic rings. The molecule has 1 fully saturated rings. The van der Waals surface area contributed by atoms with Gasteiger partial charge >= 0.3 is 0 Å². The molecule has 0 radical (unpaired) electrons. The summed E-state index contributed by atoms with van der Waals surface area (Å²) in [4.78, 5) is 12.2. The van der Waals surface area contributed by atoms with Crippen LogP contribution in [-0.2, 0) is 0 Å². The molecule has 2 heterocycles. The average Bonchev–Trinajstić information content (AvgIpc) is 2.60. The summed E-state index contributed by atoms with van der Waals surface area (Å²) in [5.41, 5.74) is 2.36. The third-order valence-electron chi connectivity index (χ3n) is 3.50. The SMILES string of the molecule is CCC1CN(C)CCCN1c1nc(NN)ncc1F. The summed E-state index contributed by atoms with van der Waals surface area (Å²) in [6.07, 6.45) is 3.10. The van der Waals surface area contributed by atoms with Crippen molar-refractivity contribution >= 4 is 11.8 Å². The van der Waals surface area contributed by atoms with E-state index in [2.05, 4.69) is 34.3 Å². The molecule has 3 N–H and O–H groups in total. The zero-order valence-corrected chi connectivity index (χ0v) is 11.4. The standard InChI is InChI=1S/C12H21FN6/c1-3-9-8-18(2)5-4-6-19(9)11-10(13)7-15-12(16-11)17-14/h7,9H,3-6,8,14H2,1-2H3,(H,15,16,17). The van der Waals surface area contributed by atoms with Gasteiger partial charge in [-0.25, -0.2) is 15.2 Å². The minimum Gasteiger partial charge on any atom is -0.350 e. The van der Waals surface area contributed by atoms with Crippen molar-refractivity contribution in [2.75, 3.05) is 37.0 Å². The Morgan fingerprint density at radius 3 is 3.00 bits per heavy atom. The van der Waals surface area contributed by atoms with Crippen molar-refractivity contribution in [3.8, 4) is 0 Å². The Morgan fingerprint density at radius 2 is 2.32 bits per heavy atom. The summed E-state index contributed by atoms with van der Waals surface area (Å²) in [5.74, 6) is 5.47. The molecule has 0 aliphatic carbocycles. The highest BCUT2D eigenvalue weighted by atomic mass is 19.1. The molecule has 7 heteroatoms. The van der Waals surface area contributed by atoms with Crippen LogP contribution in [0.3, 0.4) is 0 Å². The number of hydrogen-bond acceptors (Lipinski definition) is 6. The van der Waals surface area contributed by atoms with Crippen LogP contribution in [-0.4, -0.2) is 47.6 Å². The van der Waals surface area contributed by atoms with Crippen LogP contribution < -0.4 is 16.2 Å². The Morgan fingerprint density at radius 1 is 1.53 bits per heavy atom. The van der Waals surface area contributed by atoms with Crippen molar-refractivity contribution in [1.29, 1.82) is 0 Å². The van der Waals surface area contributed by atoms with Gasteiger partial charge in [-0.15, -0.1) is 0 Å². The molecule has 6 nitrogen and oxygen atoms in total. The van der Waals surface area contributed by atoms with Gasteiger partial charge in [0.2, 0.25) is 5.95 Å². The van der Waals surface area contributed by atoms with E-state index in [0.717, 1.165) is 32.5 Å². The lowest BCUT2D eigenvalue weighted by molar-refractivity contribution is 0.327. The minimum absolute atomic E-state index is 0.240. The van der Waals surface area contributed by atoms with Crippen LogP contribution in [0.15, 0.2) is 6.20 Å². The third-order valence-corrected chi connectivity index (χ3v) is 3.50. The highest BCUT2D eigenvalue weighted by Crippen LogP contribution is 2.23. The maximum Gasteiger partial charge on any atom is 0.239 e. The van der Waals surface area contributed by atoms with Gasteiger partial charge in [0.25, 0.3) is 0 Å². The molecule has 0 amide bonds. The lowest BCUT2D eigenvalue weighted by atomic mass is 10.2. The number of nitrogens with two attached hydrogens (primary N) is 1. The lowest BCUT2D eigenvalue weighted by Crippen LogP contribution is -2.41. The zero-order valence-electron chi connectivity index (χ0n) is 11.4. The fourth-order valence-corrected chi connectivity index (χ4v) is 2.50. The summed E-state index contributed by atoms with van der Waals surface area (Å²) >= 11 is 0. The van der Waals surface area contributed by atoms with E-state index in [-0.39, 0.29) is 12.0 Å². The highest BCUT2D eigenvalue weighted by Gasteiger charge is 2.25. The Bertz CT molecular complexity index is 427. The van der Waals surface area contributed by atoms with Crippen LogP contribution in [0.5, 0.6) is 0 Å². The molecule has 0 bridgehead atoms. The van der Waals surface area contributed by atoms with E-state index < -0.39 is 5.82 Å². The van der Waals surface area contributed by atoms with Gasteiger partial charge < -0.3 is 9.80 Å². The molecular weight excluding hydrogens is 247 g/mol. The second kappa shape index (κ2) is 6.12. The summed E-state index contributed by atoms with van der Waals surface area (Å²) in [5, 5.41) is 0. The molecule has 1 aromatic heterocycles. The largest absolute Gasteiger partial charge is 0.350 e. The van der Waals surface area contributed by atoms with Crippen molar-refractivity contribution < 1.29 is 4.39 Å². The van der Waals surface area contributed by atoms with Crippen molar-refractivity contribution in [3.05, 3.63) is 12.0 Å². The first kappa shape index (κ1) is 14.0. The van der Waals surface area contributed by atoms with Crippen LogP contribution >= 0.6 is 0 Å². The van der Waals surface area contributed by atoms with Crippen LogP contribution in [0.4, 0.5) is 16.2 Å². The average molecular weight is 268 g/mol. The van der Waals surface area contributed by atoms with Gasteiger partial charge in [0.1, 0.15) is 0 Å². The van der Waals surface area contributed by atoms with E-state index in [1.807, 2.05) is 4.90 Å². The van der Waals surface area contributed by atoms with Gasteiger partial charge in [0.05, 0.1) is 6.20 Å². The number of aromatic nitrogens is 2. The molecule has 0 aromatic carbocycles. The van der Waals surface area contributed by atoms with E-state index in [1.54, 1.807) is 0 Å². The number of hydrazine groups is 1. The second-order valence-corrected chi connectivity index (χ2v) is 4.88. The molecule has 1 saturated heterocycles. The number of nitrogen functional groups attached to an aromatic ring is 1. The van der Waals surface area contributed by atoms with Crippen LogP contribution in [0.2, 0.25) is 0 Å². The number of rotatable bonds is 3. The van der Waals surface area contributed by atoms with Gasteiger partial charge in [-0.3, -0.25) is 5.43 Å². The van der Waals surface area contributed by atoms with Gasteiger partial charge in [0.15, 0.2) is 11.6 Å². The maximum atomic E-state index is 14.0. The Hall–Kier alpha value is -1.47. The molecule has 1 atom stereocenters. The molecule has 0 spiro atoms. The smallest absolute Gasteiger partial charge is 0.239 e. The van der Waals surface area contributed by atoms with Crippen molar-refractivity contribution in [1.82, 2.24) is 14.9 Å². The first-order valence-corrected chi connectivity index (χ1v) is 6.60. The lowest BCUT2D eigenvalue weighted by Gasteiger charge is -2.31. The van der Waals surface area contributed by atoms with Gasteiger partial charge in [-0.1, -0.05) is 6.92 Å². The number of nitrogens with zero attached hydrogens (tertiary/aromatic N) is 4. The Kier molecular flexibility index (Phi) is 4.49. The molecule has 1 unspecified atom stereocenters. The molecule has 1 aromatic rings. The Balaban J connectivity index is 2.31. The van der Waals surface area contributed by atoms with Gasteiger partial charge in [0, 0.05) is 19.1 Å². The number of likely N-dealkylation sites (N-methyl/N-ethyl adjacent to an activating group) is 1. The van der Waals surface area contributed by atoms with E-state index in [4.69, 9.17) is 5.84 Å². The number of nitrogens with one attached hydrogen (secondary N) is 1. The quantitative estimate of drug-likeness (QED) is 0.625. The molecule has 1 aliphatic heterocycles. The minimum atomic E-state index is -0.401. The number of hydrogen-bond donors (Lipinski definition) is 2. The highest BCUT2D eigenvalue weighted by molar-refractivity contribution is 5.45. The monoisotopic (exact) mass is 268 g/mol. The number of halogens is 1. The zero-order chi connectivity index (χ0) is 13.8. The fourth-order valence-electron chi connectivity index (χ4n) is 2.50. The predicted molar refractivity (Wildman–Crippen MR) is 73.3 cm³/mol. The summed E-state index contributed by atoms with van der Waals surface area (Å²) in [7, 11) is 2.09. The van der Waals surface area contributed by atoms with E-state index in [0.29, 0.717) is 5.82 Å². The van der Waals surface area contributed by atoms with E-state index in [1.165, 1.54) is 6.20 Å². The predicted octanol–water partition coefficient (Wildman–Crippen LogP) is 0.822. The molecule has 106 valence electrons. The van der Waals surface area contributed by atoms with Crippen molar-refractivity contribution in [2.45, 2.75) is 25.8 Å². The van der Waals surface area contributed by atoms with Crippen LogP contribution in [0.1, 0.15) is 19.8 Å². The first-order chi connectivity index (χ1) is 9.15. The molecule has 0 saturated carbocycles. The van der Waals surface area contributed by atoms with E-state index in [9.17, 15) is 4.39 Å². The van der Waals surface area contributed by atoms with Crippen LogP contribution in [0, 0.1) is 5.82 Å². The molecule has 2 rings (SSSR count). The maximum absolute atomic E-state index is 14.0. The van der Waals surface area contributed by atoms with Crippen molar-refractivity contribution in [3.63, 3.8) is 0 Å². The summed E-state index contributed by atoms with van der Waals surface area (Å²) in [6.45, 7) is 4.83. The van der Waals surface area contributed by atoms with Gasteiger partial charge in [-0.05, 0) is 26.4 Å². The fraction of sp³-hybridized carbons (Fsp3) is 0.667. The molecule has 19 heavy (non-hydrogen) atoms. The van der Waals surface area contributed by atoms with E-state index >= 15 is 0 Å². The number of anilines is 2. The van der Waals surface area contributed by atoms with Gasteiger partial charge in [-0.2, -0.15) is 4.98 Å². The first-order valence-electron chi connectivity index (χ1n) is 6.60. The normalized spacial score (nSPS) is 21.3. The Labute approximate surface area is 112 Å². The second-order valence-electron chi connectivity index (χ2n) is 4.88. The third kappa shape index (κ3) is 3.10. The molecular formula is C12H21FN6. The summed E-state index contributed by atoms with van der Waals surface area (Å²) in [6, 6.07) is 0.252.